The second-order valence-corrected chi connectivity index (χ2v) is 5.68. The van der Waals surface area contributed by atoms with E-state index in [0.29, 0.717) is 6.54 Å². The highest BCUT2D eigenvalue weighted by Gasteiger charge is 2.07. The van der Waals surface area contributed by atoms with Crippen LogP contribution in [-0.2, 0) is 6.54 Å². The summed E-state index contributed by atoms with van der Waals surface area (Å²) >= 11 is 0. The summed E-state index contributed by atoms with van der Waals surface area (Å²) in [5, 5.41) is 4.48. The van der Waals surface area contributed by atoms with E-state index in [9.17, 15) is 0 Å². The topological polar surface area (TPSA) is 30.7 Å². The number of aromatic nitrogens is 3. The lowest BCUT2D eigenvalue weighted by Crippen LogP contribution is -2.03. The highest BCUT2D eigenvalue weighted by molar-refractivity contribution is 5.71. The van der Waals surface area contributed by atoms with Crippen LogP contribution in [0.1, 0.15) is 5.56 Å². The van der Waals surface area contributed by atoms with Crippen LogP contribution in [0, 0.1) is 0 Å². The van der Waals surface area contributed by atoms with Crippen LogP contribution in [0.3, 0.4) is 0 Å². The molecule has 0 bridgehead atoms. The Balaban J connectivity index is 1.69. The van der Waals surface area contributed by atoms with E-state index in [4.69, 9.17) is 0 Å². The number of pyridine rings is 1. The van der Waals surface area contributed by atoms with Crippen molar-refractivity contribution in [2.24, 2.45) is 0 Å². The van der Waals surface area contributed by atoms with Gasteiger partial charge in [-0.15, -0.1) is 0 Å². The van der Waals surface area contributed by atoms with Gasteiger partial charge in [-0.25, -0.2) is 0 Å². The third-order valence-corrected chi connectivity index (χ3v) is 4.04. The summed E-state index contributed by atoms with van der Waals surface area (Å²) < 4.78 is 2.02. The van der Waals surface area contributed by atoms with E-state index in [1.54, 1.807) is 6.20 Å². The minimum atomic E-state index is 0.714. The smallest absolute Gasteiger partial charge is 0.0686 e. The van der Waals surface area contributed by atoms with Crippen LogP contribution in [0.4, 0.5) is 0 Å². The lowest BCUT2D eigenvalue weighted by Gasteiger charge is -2.09. The van der Waals surface area contributed by atoms with Crippen molar-refractivity contribution in [2.45, 2.75) is 6.54 Å². The lowest BCUT2D eigenvalue weighted by atomic mass is 10.0. The van der Waals surface area contributed by atoms with Crippen molar-refractivity contribution in [2.75, 3.05) is 0 Å². The van der Waals surface area contributed by atoms with Crippen LogP contribution >= 0.6 is 0 Å². The van der Waals surface area contributed by atoms with E-state index in [0.717, 1.165) is 16.8 Å². The van der Waals surface area contributed by atoms with Gasteiger partial charge in [-0.2, -0.15) is 5.10 Å². The Hall–Kier alpha value is -3.20. The molecule has 0 aliphatic rings. The maximum Gasteiger partial charge on any atom is 0.0686 e. The average molecular weight is 311 g/mol. The Labute approximate surface area is 141 Å². The molecule has 2 heterocycles. The van der Waals surface area contributed by atoms with Gasteiger partial charge in [-0.05, 0) is 34.9 Å². The van der Waals surface area contributed by atoms with Crippen LogP contribution in [0.5, 0.6) is 0 Å². The molecule has 0 fully saturated rings. The molecule has 0 saturated carbocycles. The average Bonchev–Trinajstić information content (AvgIpc) is 3.12. The first-order chi connectivity index (χ1) is 11.9. The van der Waals surface area contributed by atoms with Crippen LogP contribution in [0.15, 0.2) is 91.4 Å². The second kappa shape index (κ2) is 6.50. The minimum Gasteiger partial charge on any atom is -0.264 e. The third-order valence-electron chi connectivity index (χ3n) is 4.04. The predicted octanol–water partition coefficient (Wildman–Crippen LogP) is 4.66. The number of hydrogen-bond acceptors (Lipinski definition) is 2. The molecule has 2 aromatic carbocycles. The summed E-state index contributed by atoms with van der Waals surface area (Å²) in [7, 11) is 0. The fraction of sp³-hybridized carbons (Fsp3) is 0.0476. The molecule has 3 heteroatoms. The molecule has 0 unspecified atom stereocenters. The summed E-state index contributed by atoms with van der Waals surface area (Å²) in [5.74, 6) is 0. The molecule has 0 N–H and O–H groups in total. The summed E-state index contributed by atoms with van der Waals surface area (Å²) in [6.07, 6.45) is 5.52. The van der Waals surface area contributed by atoms with Gasteiger partial charge in [0.25, 0.3) is 0 Å². The van der Waals surface area contributed by atoms with Gasteiger partial charge in [0.15, 0.2) is 0 Å². The quantitative estimate of drug-likeness (QED) is 0.549. The van der Waals surface area contributed by atoms with Gasteiger partial charge in [-0.1, -0.05) is 54.6 Å². The number of hydrogen-bond donors (Lipinski definition) is 0. The maximum atomic E-state index is 4.48. The first-order valence-electron chi connectivity index (χ1n) is 7.97. The molecule has 0 aliphatic carbocycles. The fourth-order valence-electron chi connectivity index (χ4n) is 2.86. The molecular formula is C21H17N3. The number of nitrogens with zero attached hydrogens (tertiary/aromatic N) is 3. The van der Waals surface area contributed by atoms with Gasteiger partial charge in [0.2, 0.25) is 0 Å². The van der Waals surface area contributed by atoms with E-state index in [1.807, 2.05) is 29.2 Å². The molecule has 4 aromatic rings. The fourth-order valence-corrected chi connectivity index (χ4v) is 2.86. The number of rotatable bonds is 4. The molecular weight excluding hydrogens is 294 g/mol. The van der Waals surface area contributed by atoms with Crippen molar-refractivity contribution >= 4 is 0 Å². The van der Waals surface area contributed by atoms with Crippen LogP contribution in [-0.4, -0.2) is 14.8 Å². The molecule has 3 nitrogen and oxygen atoms in total. The van der Waals surface area contributed by atoms with E-state index >= 15 is 0 Å². The summed E-state index contributed by atoms with van der Waals surface area (Å²) in [6.45, 7) is 0.714. The summed E-state index contributed by atoms with van der Waals surface area (Å²) in [6, 6.07) is 25.1. The first kappa shape index (κ1) is 14.4. The van der Waals surface area contributed by atoms with Crippen molar-refractivity contribution in [3.8, 4) is 22.4 Å². The Morgan fingerprint density at radius 1 is 0.708 bits per heavy atom. The SMILES string of the molecule is c1ccc(-c2cccc(-c3ccnn3Cc3cccnc3)c2)cc1. The van der Waals surface area contributed by atoms with Gasteiger partial charge in [0.1, 0.15) is 0 Å². The van der Waals surface area contributed by atoms with Gasteiger partial charge in [0.05, 0.1) is 12.2 Å². The zero-order chi connectivity index (χ0) is 16.2. The van der Waals surface area contributed by atoms with Crippen LogP contribution in [0.2, 0.25) is 0 Å². The Bertz CT molecular complexity index is 927. The van der Waals surface area contributed by atoms with Crippen LogP contribution < -0.4 is 0 Å². The van der Waals surface area contributed by atoms with Crippen LogP contribution in [0.25, 0.3) is 22.4 Å². The molecule has 0 spiro atoms. The van der Waals surface area contributed by atoms with E-state index < -0.39 is 0 Å². The molecule has 0 saturated heterocycles. The maximum absolute atomic E-state index is 4.48. The normalized spacial score (nSPS) is 10.7. The Kier molecular flexibility index (Phi) is 3.90. The Morgan fingerprint density at radius 3 is 2.38 bits per heavy atom. The van der Waals surface area contributed by atoms with Gasteiger partial charge in [-0.3, -0.25) is 9.67 Å². The molecule has 0 radical (unpaired) electrons. The van der Waals surface area contributed by atoms with Gasteiger partial charge in [0, 0.05) is 24.2 Å². The van der Waals surface area contributed by atoms with Crippen molar-refractivity contribution in [1.82, 2.24) is 14.8 Å². The summed E-state index contributed by atoms with van der Waals surface area (Å²) in [5.41, 5.74) is 5.84. The predicted molar refractivity (Wildman–Crippen MR) is 96.4 cm³/mol. The van der Waals surface area contributed by atoms with Gasteiger partial charge >= 0.3 is 0 Å². The minimum absolute atomic E-state index is 0.714. The third kappa shape index (κ3) is 2.97. The molecule has 0 amide bonds. The molecule has 2 aromatic heterocycles. The molecule has 116 valence electrons. The van der Waals surface area contributed by atoms with Gasteiger partial charge < -0.3 is 0 Å². The molecule has 24 heavy (non-hydrogen) atoms. The zero-order valence-corrected chi connectivity index (χ0v) is 13.2. The van der Waals surface area contributed by atoms with Crippen molar-refractivity contribution in [3.63, 3.8) is 0 Å². The highest BCUT2D eigenvalue weighted by atomic mass is 15.3. The number of benzene rings is 2. The second-order valence-electron chi connectivity index (χ2n) is 5.68. The monoisotopic (exact) mass is 311 g/mol. The van der Waals surface area contributed by atoms with Crippen molar-refractivity contribution < 1.29 is 0 Å². The Morgan fingerprint density at radius 2 is 1.54 bits per heavy atom. The standard InChI is InChI=1S/C21H17N3/c1-2-7-18(8-3-1)19-9-4-10-20(14-19)21-11-13-23-24(21)16-17-6-5-12-22-15-17/h1-15H,16H2. The summed E-state index contributed by atoms with van der Waals surface area (Å²) in [4.78, 5) is 4.18. The van der Waals surface area contributed by atoms with E-state index in [1.165, 1.54) is 11.1 Å². The van der Waals surface area contributed by atoms with E-state index in [-0.39, 0.29) is 0 Å². The largest absolute Gasteiger partial charge is 0.264 e. The lowest BCUT2D eigenvalue weighted by molar-refractivity contribution is 0.692. The zero-order valence-electron chi connectivity index (χ0n) is 13.2. The molecule has 0 aliphatic heterocycles. The van der Waals surface area contributed by atoms with Crippen molar-refractivity contribution in [1.29, 1.82) is 0 Å². The molecule has 0 atom stereocenters. The first-order valence-corrected chi connectivity index (χ1v) is 7.97. The highest BCUT2D eigenvalue weighted by Crippen LogP contribution is 2.26. The van der Waals surface area contributed by atoms with E-state index in [2.05, 4.69) is 70.7 Å². The van der Waals surface area contributed by atoms with Crippen molar-refractivity contribution in [3.05, 3.63) is 97.0 Å². The molecule has 4 rings (SSSR count).